The maximum Gasteiger partial charge on any atom is 0.257 e. The van der Waals surface area contributed by atoms with E-state index in [0.29, 0.717) is 42.5 Å². The van der Waals surface area contributed by atoms with Gasteiger partial charge in [-0.3, -0.25) is 14.3 Å². The second-order valence-electron chi connectivity index (χ2n) is 9.70. The van der Waals surface area contributed by atoms with Gasteiger partial charge in [-0.05, 0) is 38.5 Å². The molecule has 0 bridgehead atoms. The first-order valence-corrected chi connectivity index (χ1v) is 10.7. The molecule has 1 aromatic carbocycles. The largest absolute Gasteiger partial charge is 0.338 e. The van der Waals surface area contributed by atoms with E-state index in [1.165, 1.54) is 0 Å². The first-order chi connectivity index (χ1) is 13.9. The third-order valence-corrected chi connectivity index (χ3v) is 5.72. The Bertz CT molecular complexity index is 958. The number of carbonyl (C=O) groups is 2. The molecule has 1 aromatic heterocycles. The van der Waals surface area contributed by atoms with Crippen LogP contribution < -0.4 is 0 Å². The summed E-state index contributed by atoms with van der Waals surface area (Å²) in [5.74, 6) is 0.0749. The monoisotopic (exact) mass is 430 g/mol. The van der Waals surface area contributed by atoms with Crippen LogP contribution in [0.2, 0.25) is 5.02 Å². The van der Waals surface area contributed by atoms with Crippen LogP contribution in [0.3, 0.4) is 0 Å². The van der Waals surface area contributed by atoms with Crippen LogP contribution in [0, 0.1) is 12.3 Å². The van der Waals surface area contributed by atoms with Crippen LogP contribution in [-0.2, 0) is 11.3 Å². The van der Waals surface area contributed by atoms with E-state index in [9.17, 15) is 9.59 Å². The molecule has 0 saturated carbocycles. The molecule has 0 spiro atoms. The van der Waals surface area contributed by atoms with Crippen molar-refractivity contribution in [1.29, 1.82) is 0 Å². The SMILES string of the molecule is Cc1nn(Cc2cccc(Cl)c2)cc1C(=O)N1CCN(C(=O)C(C)(C)C)CC1(C)C. The summed E-state index contributed by atoms with van der Waals surface area (Å²) in [6.07, 6.45) is 1.81. The highest BCUT2D eigenvalue weighted by Crippen LogP contribution is 2.27. The van der Waals surface area contributed by atoms with Crippen LogP contribution in [0.1, 0.15) is 56.2 Å². The molecule has 2 heterocycles. The third-order valence-electron chi connectivity index (χ3n) is 5.49. The van der Waals surface area contributed by atoms with Crippen LogP contribution in [0.25, 0.3) is 0 Å². The molecule has 3 rings (SSSR count). The Morgan fingerprint density at radius 1 is 1.20 bits per heavy atom. The predicted molar refractivity (Wildman–Crippen MR) is 119 cm³/mol. The van der Waals surface area contributed by atoms with Gasteiger partial charge in [-0.1, -0.05) is 44.5 Å². The number of amides is 2. The summed E-state index contributed by atoms with van der Waals surface area (Å²) >= 11 is 6.07. The second kappa shape index (κ2) is 8.06. The Hall–Kier alpha value is -2.34. The number of aromatic nitrogens is 2. The molecule has 1 fully saturated rings. The summed E-state index contributed by atoms with van der Waals surface area (Å²) in [4.78, 5) is 29.8. The van der Waals surface area contributed by atoms with E-state index in [1.54, 1.807) is 10.9 Å². The summed E-state index contributed by atoms with van der Waals surface area (Å²) in [5, 5.41) is 5.21. The van der Waals surface area contributed by atoms with Gasteiger partial charge in [0.15, 0.2) is 0 Å². The van der Waals surface area contributed by atoms with Gasteiger partial charge in [0, 0.05) is 36.3 Å². The molecule has 2 amide bonds. The molecule has 0 atom stereocenters. The standard InChI is InChI=1S/C23H31ClN4O2/c1-16-19(14-27(25-16)13-17-8-7-9-18(24)12-17)20(29)28-11-10-26(15-23(28,5)6)21(30)22(2,3)4/h7-9,12,14H,10-11,13,15H2,1-6H3. The summed E-state index contributed by atoms with van der Waals surface area (Å²) in [7, 11) is 0. The van der Waals surface area contributed by atoms with Crippen molar-refractivity contribution in [2.45, 2.75) is 53.6 Å². The van der Waals surface area contributed by atoms with Crippen LogP contribution in [0.15, 0.2) is 30.5 Å². The van der Waals surface area contributed by atoms with Crippen molar-refractivity contribution in [3.8, 4) is 0 Å². The van der Waals surface area contributed by atoms with Gasteiger partial charge in [-0.15, -0.1) is 0 Å². The fourth-order valence-electron chi connectivity index (χ4n) is 3.96. The van der Waals surface area contributed by atoms with Gasteiger partial charge < -0.3 is 9.80 Å². The van der Waals surface area contributed by atoms with Crippen LogP contribution in [-0.4, -0.2) is 56.6 Å². The van der Waals surface area contributed by atoms with Gasteiger partial charge >= 0.3 is 0 Å². The number of benzene rings is 1. The van der Waals surface area contributed by atoms with Gasteiger partial charge in [0.1, 0.15) is 0 Å². The zero-order valence-electron chi connectivity index (χ0n) is 18.7. The normalized spacial score (nSPS) is 16.6. The zero-order valence-corrected chi connectivity index (χ0v) is 19.5. The molecular weight excluding hydrogens is 400 g/mol. The molecule has 162 valence electrons. The maximum atomic E-state index is 13.4. The predicted octanol–water partition coefficient (Wildman–Crippen LogP) is 4.00. The van der Waals surface area contributed by atoms with E-state index in [0.717, 1.165) is 5.56 Å². The Morgan fingerprint density at radius 2 is 1.90 bits per heavy atom. The van der Waals surface area contributed by atoms with Gasteiger partial charge in [0.05, 0.1) is 23.3 Å². The van der Waals surface area contributed by atoms with Crippen LogP contribution in [0.5, 0.6) is 0 Å². The Morgan fingerprint density at radius 3 is 2.50 bits per heavy atom. The summed E-state index contributed by atoms with van der Waals surface area (Å²) in [6.45, 7) is 13.8. The first-order valence-electron chi connectivity index (χ1n) is 10.3. The summed E-state index contributed by atoms with van der Waals surface area (Å²) in [6, 6.07) is 7.62. The van der Waals surface area contributed by atoms with Gasteiger partial charge in [0.25, 0.3) is 5.91 Å². The maximum absolute atomic E-state index is 13.4. The minimum atomic E-state index is -0.461. The molecule has 0 aliphatic carbocycles. The number of aryl methyl sites for hydroxylation is 1. The average Bonchev–Trinajstić information content (AvgIpc) is 2.99. The molecule has 2 aromatic rings. The van der Waals surface area contributed by atoms with Crippen molar-refractivity contribution in [3.63, 3.8) is 0 Å². The van der Waals surface area contributed by atoms with E-state index < -0.39 is 11.0 Å². The van der Waals surface area contributed by atoms with E-state index >= 15 is 0 Å². The lowest BCUT2D eigenvalue weighted by Gasteiger charge is -2.48. The van der Waals surface area contributed by atoms with Crippen molar-refractivity contribution in [2.24, 2.45) is 5.41 Å². The number of piperazine rings is 1. The average molecular weight is 431 g/mol. The zero-order chi connectivity index (χ0) is 22.3. The molecule has 30 heavy (non-hydrogen) atoms. The van der Waals surface area contributed by atoms with E-state index in [-0.39, 0.29) is 11.8 Å². The minimum absolute atomic E-state index is 0.0438. The van der Waals surface area contributed by atoms with Crippen molar-refractivity contribution < 1.29 is 9.59 Å². The molecule has 6 nitrogen and oxygen atoms in total. The van der Waals surface area contributed by atoms with Gasteiger partial charge in [-0.25, -0.2) is 0 Å². The van der Waals surface area contributed by atoms with Crippen molar-refractivity contribution >= 4 is 23.4 Å². The number of nitrogens with zero attached hydrogens (tertiary/aromatic N) is 4. The second-order valence-corrected chi connectivity index (χ2v) is 10.1. The van der Waals surface area contributed by atoms with Gasteiger partial charge in [0.2, 0.25) is 5.91 Å². The summed E-state index contributed by atoms with van der Waals surface area (Å²) in [5.41, 5.74) is 1.43. The van der Waals surface area contributed by atoms with Crippen molar-refractivity contribution in [2.75, 3.05) is 19.6 Å². The minimum Gasteiger partial charge on any atom is -0.338 e. The Balaban J connectivity index is 1.77. The number of rotatable bonds is 3. The van der Waals surface area contributed by atoms with Crippen LogP contribution in [0.4, 0.5) is 0 Å². The molecule has 0 N–H and O–H groups in total. The molecule has 7 heteroatoms. The number of halogens is 1. The molecular formula is C23H31ClN4O2. The quantitative estimate of drug-likeness (QED) is 0.739. The Kier molecular flexibility index (Phi) is 6.01. The fourth-order valence-corrected chi connectivity index (χ4v) is 4.17. The highest BCUT2D eigenvalue weighted by Gasteiger charge is 2.41. The molecule has 0 radical (unpaired) electrons. The number of carbonyl (C=O) groups excluding carboxylic acids is 2. The highest BCUT2D eigenvalue weighted by molar-refractivity contribution is 6.30. The lowest BCUT2D eigenvalue weighted by Crippen LogP contribution is -2.63. The van der Waals surface area contributed by atoms with E-state index in [4.69, 9.17) is 11.6 Å². The first kappa shape index (κ1) is 22.3. The highest BCUT2D eigenvalue weighted by atomic mass is 35.5. The number of hydrogen-bond donors (Lipinski definition) is 0. The molecule has 1 aliphatic heterocycles. The lowest BCUT2D eigenvalue weighted by molar-refractivity contribution is -0.143. The van der Waals surface area contributed by atoms with E-state index in [1.807, 2.05) is 75.6 Å². The Labute approximate surface area is 183 Å². The lowest BCUT2D eigenvalue weighted by atomic mass is 9.91. The molecule has 1 saturated heterocycles. The summed E-state index contributed by atoms with van der Waals surface area (Å²) < 4.78 is 1.78. The van der Waals surface area contributed by atoms with Crippen molar-refractivity contribution in [1.82, 2.24) is 19.6 Å². The fraction of sp³-hybridized carbons (Fsp3) is 0.522. The number of hydrogen-bond acceptors (Lipinski definition) is 3. The van der Waals surface area contributed by atoms with Crippen LogP contribution >= 0.6 is 11.6 Å². The topological polar surface area (TPSA) is 58.4 Å². The van der Waals surface area contributed by atoms with Crippen molar-refractivity contribution in [3.05, 3.63) is 52.3 Å². The molecule has 1 aliphatic rings. The smallest absolute Gasteiger partial charge is 0.257 e. The molecule has 0 unspecified atom stereocenters. The van der Waals surface area contributed by atoms with Gasteiger partial charge in [-0.2, -0.15) is 5.10 Å². The van der Waals surface area contributed by atoms with E-state index in [2.05, 4.69) is 5.10 Å². The third kappa shape index (κ3) is 4.69.